The average Bonchev–Trinajstić information content (AvgIpc) is 3.16. The Morgan fingerprint density at radius 3 is 2.90 bits per heavy atom. The molecule has 0 bridgehead atoms. The molecule has 1 aliphatic carbocycles. The Kier molecular flexibility index (Phi) is 4.11. The van der Waals surface area contributed by atoms with Gasteiger partial charge in [-0.05, 0) is 30.5 Å². The molecule has 1 amide bonds. The summed E-state index contributed by atoms with van der Waals surface area (Å²) in [5.74, 6) is 0.328. The Hall–Kier alpha value is -0.520. The molecular weight excluding hydrogens is 288 g/mol. The highest BCUT2D eigenvalue weighted by Crippen LogP contribution is 2.42. The Morgan fingerprint density at radius 2 is 2.30 bits per heavy atom. The number of nitrogens with one attached hydrogen (secondary N) is 1. The second kappa shape index (κ2) is 5.70. The van der Waals surface area contributed by atoms with E-state index in [0.29, 0.717) is 11.2 Å². The van der Waals surface area contributed by atoms with Crippen LogP contribution in [0.25, 0.3) is 0 Å². The Morgan fingerprint density at radius 1 is 1.55 bits per heavy atom. The number of carbonyl (C=O) groups is 1. The maximum atomic E-state index is 12.9. The van der Waals surface area contributed by atoms with E-state index in [1.54, 1.807) is 11.3 Å². The lowest BCUT2D eigenvalue weighted by Gasteiger charge is -2.26. The van der Waals surface area contributed by atoms with Gasteiger partial charge in [-0.15, -0.1) is 11.3 Å². The summed E-state index contributed by atoms with van der Waals surface area (Å²) in [6.45, 7) is 3.03. The van der Waals surface area contributed by atoms with E-state index >= 15 is 0 Å². The van der Waals surface area contributed by atoms with Crippen LogP contribution in [0.15, 0.2) is 17.5 Å². The van der Waals surface area contributed by atoms with Gasteiger partial charge in [-0.2, -0.15) is 11.8 Å². The minimum atomic E-state index is -0.271. The highest BCUT2D eigenvalue weighted by Gasteiger charge is 2.52. The number of thiophene rings is 1. The molecule has 3 rings (SSSR count). The Balaban J connectivity index is 1.88. The molecule has 2 fully saturated rings. The quantitative estimate of drug-likeness (QED) is 0.926. The third kappa shape index (κ3) is 2.40. The van der Waals surface area contributed by atoms with Crippen molar-refractivity contribution in [3.05, 3.63) is 22.4 Å². The fourth-order valence-corrected chi connectivity index (χ4v) is 4.44. The number of rotatable bonds is 4. The molecule has 1 aliphatic heterocycles. The summed E-state index contributed by atoms with van der Waals surface area (Å²) in [6.07, 6.45) is 6.53. The van der Waals surface area contributed by atoms with Gasteiger partial charge in [0.15, 0.2) is 0 Å². The molecule has 1 spiro atoms. The van der Waals surface area contributed by atoms with Crippen molar-refractivity contribution < 1.29 is 4.79 Å². The van der Waals surface area contributed by atoms with Crippen LogP contribution in [-0.2, 0) is 4.79 Å². The summed E-state index contributed by atoms with van der Waals surface area (Å²) >= 11 is 3.57. The van der Waals surface area contributed by atoms with Crippen molar-refractivity contribution in [1.29, 1.82) is 0 Å². The summed E-state index contributed by atoms with van der Waals surface area (Å²) in [4.78, 5) is 16.3. The van der Waals surface area contributed by atoms with E-state index in [1.165, 1.54) is 17.7 Å². The van der Waals surface area contributed by atoms with E-state index < -0.39 is 0 Å². The van der Waals surface area contributed by atoms with Crippen molar-refractivity contribution >= 4 is 29.0 Å². The van der Waals surface area contributed by atoms with Crippen LogP contribution >= 0.6 is 23.1 Å². The molecule has 20 heavy (non-hydrogen) atoms. The molecule has 0 aromatic carbocycles. The van der Waals surface area contributed by atoms with Gasteiger partial charge in [0.05, 0.1) is 5.54 Å². The highest BCUT2D eigenvalue weighted by atomic mass is 32.2. The number of amides is 1. The molecule has 1 saturated carbocycles. The van der Waals surface area contributed by atoms with Gasteiger partial charge in [-0.25, -0.2) is 0 Å². The third-order valence-corrected chi connectivity index (χ3v) is 6.40. The number of thioether (sulfide) groups is 1. The van der Waals surface area contributed by atoms with Crippen LogP contribution in [0.2, 0.25) is 0 Å². The van der Waals surface area contributed by atoms with Crippen molar-refractivity contribution in [2.45, 2.75) is 49.6 Å². The van der Waals surface area contributed by atoms with E-state index in [9.17, 15) is 4.79 Å². The first-order chi connectivity index (χ1) is 9.66. The van der Waals surface area contributed by atoms with Crippen molar-refractivity contribution in [3.8, 4) is 0 Å². The molecule has 2 unspecified atom stereocenters. The summed E-state index contributed by atoms with van der Waals surface area (Å²) in [5.41, 5.74) is -0.271. The smallest absolute Gasteiger partial charge is 0.244 e. The van der Waals surface area contributed by atoms with Crippen LogP contribution in [0.5, 0.6) is 0 Å². The van der Waals surface area contributed by atoms with Crippen molar-refractivity contribution in [2.24, 2.45) is 0 Å². The molecule has 2 heterocycles. The largest absolute Gasteiger partial charge is 0.319 e. The van der Waals surface area contributed by atoms with E-state index in [-0.39, 0.29) is 11.7 Å². The molecule has 0 radical (unpaired) electrons. The van der Waals surface area contributed by atoms with E-state index in [4.69, 9.17) is 0 Å². The predicted octanol–water partition coefficient (Wildman–Crippen LogP) is 3.24. The minimum Gasteiger partial charge on any atom is -0.319 e. The van der Waals surface area contributed by atoms with Crippen LogP contribution in [0.1, 0.15) is 43.6 Å². The molecule has 1 saturated heterocycles. The Labute approximate surface area is 129 Å². The van der Waals surface area contributed by atoms with Crippen LogP contribution in [0, 0.1) is 0 Å². The lowest BCUT2D eigenvalue weighted by Crippen LogP contribution is -2.44. The lowest BCUT2D eigenvalue weighted by atomic mass is 9.98. The topological polar surface area (TPSA) is 32.3 Å². The summed E-state index contributed by atoms with van der Waals surface area (Å²) < 4.78 is 0. The zero-order valence-electron chi connectivity index (χ0n) is 12.1. The van der Waals surface area contributed by atoms with Gasteiger partial charge in [0.2, 0.25) is 5.91 Å². The molecule has 1 N–H and O–H groups in total. The van der Waals surface area contributed by atoms with Crippen molar-refractivity contribution in [3.63, 3.8) is 0 Å². The minimum absolute atomic E-state index is 0.0789. The lowest BCUT2D eigenvalue weighted by molar-refractivity contribution is -0.133. The van der Waals surface area contributed by atoms with Gasteiger partial charge in [0, 0.05) is 16.7 Å². The Bertz CT molecular complexity index is 468. The van der Waals surface area contributed by atoms with Crippen molar-refractivity contribution in [2.75, 3.05) is 12.8 Å². The first kappa shape index (κ1) is 14.4. The zero-order valence-corrected chi connectivity index (χ0v) is 13.7. The molecular formula is C15H22N2OS2. The summed E-state index contributed by atoms with van der Waals surface area (Å²) in [5, 5.41) is 6.24. The van der Waals surface area contributed by atoms with Gasteiger partial charge in [0.25, 0.3) is 0 Å². The molecule has 3 nitrogen and oxygen atoms in total. The molecule has 1 aromatic heterocycles. The molecule has 5 heteroatoms. The second-order valence-corrected chi connectivity index (χ2v) is 8.11. The van der Waals surface area contributed by atoms with Crippen LogP contribution in [0.3, 0.4) is 0 Å². The maximum Gasteiger partial charge on any atom is 0.244 e. The molecule has 2 aliphatic rings. The SMILES string of the molecule is CSC(C)CN1C(=O)C2(CCCC2)NC1c1cccs1. The van der Waals surface area contributed by atoms with Gasteiger partial charge >= 0.3 is 0 Å². The van der Waals surface area contributed by atoms with Gasteiger partial charge < -0.3 is 4.90 Å². The first-order valence-corrected chi connectivity index (χ1v) is 9.48. The van der Waals surface area contributed by atoms with Crippen LogP contribution < -0.4 is 5.32 Å². The highest BCUT2D eigenvalue weighted by molar-refractivity contribution is 7.99. The van der Waals surface area contributed by atoms with Gasteiger partial charge in [-0.1, -0.05) is 25.8 Å². The number of carbonyl (C=O) groups excluding carboxylic acids is 1. The first-order valence-electron chi connectivity index (χ1n) is 7.31. The average molecular weight is 310 g/mol. The fraction of sp³-hybridized carbons (Fsp3) is 0.667. The molecule has 1 aromatic rings. The second-order valence-electron chi connectivity index (χ2n) is 5.86. The third-order valence-electron chi connectivity index (χ3n) is 4.52. The van der Waals surface area contributed by atoms with E-state index in [0.717, 1.165) is 19.4 Å². The fourth-order valence-electron chi connectivity index (χ4n) is 3.34. The van der Waals surface area contributed by atoms with E-state index in [2.05, 4.69) is 40.9 Å². The van der Waals surface area contributed by atoms with E-state index in [1.807, 2.05) is 11.8 Å². The van der Waals surface area contributed by atoms with Gasteiger partial charge in [-0.3, -0.25) is 10.1 Å². The normalized spacial score (nSPS) is 26.6. The van der Waals surface area contributed by atoms with Gasteiger partial charge in [0.1, 0.15) is 6.17 Å². The monoisotopic (exact) mass is 310 g/mol. The summed E-state index contributed by atoms with van der Waals surface area (Å²) in [6, 6.07) is 4.21. The molecule has 110 valence electrons. The zero-order chi connectivity index (χ0) is 14.2. The van der Waals surface area contributed by atoms with Crippen LogP contribution in [-0.4, -0.2) is 34.4 Å². The number of hydrogen-bond acceptors (Lipinski definition) is 4. The maximum absolute atomic E-state index is 12.9. The van der Waals surface area contributed by atoms with Crippen molar-refractivity contribution in [1.82, 2.24) is 10.2 Å². The number of nitrogens with zero attached hydrogens (tertiary/aromatic N) is 1. The number of hydrogen-bond donors (Lipinski definition) is 1. The van der Waals surface area contributed by atoms with Crippen LogP contribution in [0.4, 0.5) is 0 Å². The standard InChI is InChI=1S/C15H22N2OS2/c1-11(19-2)10-17-13(12-6-5-9-20-12)16-15(14(17)18)7-3-4-8-15/h5-6,9,11,13,16H,3-4,7-8,10H2,1-2H3. The summed E-state index contributed by atoms with van der Waals surface area (Å²) in [7, 11) is 0. The molecule has 2 atom stereocenters. The predicted molar refractivity (Wildman–Crippen MR) is 86.1 cm³/mol.